The molecule has 0 fully saturated rings. The van der Waals surface area contributed by atoms with Crippen molar-refractivity contribution in [1.82, 2.24) is 0 Å². The second kappa shape index (κ2) is 18.6. The Hall–Kier alpha value is -4.11. The summed E-state index contributed by atoms with van der Waals surface area (Å²) in [5.41, 5.74) is 5.18. The van der Waals surface area contributed by atoms with Crippen LogP contribution in [0.2, 0.25) is 0 Å². The van der Waals surface area contributed by atoms with Crippen molar-refractivity contribution in [3.8, 4) is 0 Å². The van der Waals surface area contributed by atoms with Crippen LogP contribution in [0.25, 0.3) is 0 Å². The van der Waals surface area contributed by atoms with Crippen LogP contribution >= 0.6 is 35.3 Å². The molecule has 0 aliphatic carbocycles. The van der Waals surface area contributed by atoms with Crippen LogP contribution in [0.4, 0.5) is 21.0 Å². The van der Waals surface area contributed by atoms with Gasteiger partial charge in [0.25, 0.3) is 5.24 Å². The number of hydrogen-bond donors (Lipinski definition) is 2. The first-order chi connectivity index (χ1) is 23.8. The van der Waals surface area contributed by atoms with E-state index in [0.717, 1.165) is 32.5 Å². The Kier molecular flexibility index (Phi) is 13.7. The molecule has 0 aromatic heterocycles. The van der Waals surface area contributed by atoms with Crippen molar-refractivity contribution in [1.29, 1.82) is 0 Å². The molecule has 8 heteroatoms. The number of rotatable bonds is 14. The van der Waals surface area contributed by atoms with Gasteiger partial charge in [0.05, 0.1) is 0 Å². The highest BCUT2D eigenvalue weighted by Gasteiger charge is 2.17. The molecule has 2 N–H and O–H groups in total. The Bertz CT molecular complexity index is 1770. The number of nitrogens with one attached hydrogen (secondary N) is 2. The van der Waals surface area contributed by atoms with Crippen LogP contribution in [0.15, 0.2) is 148 Å². The second-order valence-electron chi connectivity index (χ2n) is 12.1. The number of thioether (sulfide) groups is 3. The van der Waals surface area contributed by atoms with Crippen molar-refractivity contribution in [3.63, 3.8) is 0 Å². The number of amides is 2. The maximum absolute atomic E-state index is 12.9. The van der Waals surface area contributed by atoms with Crippen LogP contribution < -0.4 is 10.6 Å². The van der Waals surface area contributed by atoms with Crippen molar-refractivity contribution >= 4 is 58.0 Å². The molecule has 5 nitrogen and oxygen atoms in total. The zero-order valence-electron chi connectivity index (χ0n) is 28.0. The fourth-order valence-electron chi connectivity index (χ4n) is 5.13. The zero-order chi connectivity index (χ0) is 34.4. The maximum Gasteiger partial charge on any atom is 0.411 e. The van der Waals surface area contributed by atoms with E-state index in [1.807, 2.05) is 84.9 Å². The number of ether oxygens (including phenoxy) is 1. The van der Waals surface area contributed by atoms with Gasteiger partial charge >= 0.3 is 6.09 Å². The molecule has 2 unspecified atom stereocenters. The highest BCUT2D eigenvalue weighted by Crippen LogP contribution is 2.28. The van der Waals surface area contributed by atoms with E-state index in [4.69, 9.17) is 4.74 Å². The van der Waals surface area contributed by atoms with Crippen molar-refractivity contribution < 1.29 is 14.3 Å². The highest BCUT2D eigenvalue weighted by molar-refractivity contribution is 8.14. The predicted molar refractivity (Wildman–Crippen MR) is 209 cm³/mol. The van der Waals surface area contributed by atoms with Crippen molar-refractivity contribution in [2.45, 2.75) is 59.8 Å². The Labute approximate surface area is 303 Å². The van der Waals surface area contributed by atoms with Gasteiger partial charge in [0, 0.05) is 37.6 Å². The molecule has 0 saturated carbocycles. The minimum absolute atomic E-state index is 0.107. The average Bonchev–Trinajstić information content (AvgIpc) is 3.11. The number of carbonyl (C=O) groups excluding carboxylic acids is 2. The van der Waals surface area contributed by atoms with Gasteiger partial charge in [0.15, 0.2) is 0 Å². The van der Waals surface area contributed by atoms with Crippen LogP contribution in [-0.4, -0.2) is 28.9 Å². The molecule has 49 heavy (non-hydrogen) atoms. The summed E-state index contributed by atoms with van der Waals surface area (Å²) in [5.74, 6) is 2.00. The maximum atomic E-state index is 12.9. The Morgan fingerprint density at radius 3 is 1.80 bits per heavy atom. The molecule has 252 valence electrons. The smallest absolute Gasteiger partial charge is 0.411 e. The molecule has 0 aliphatic heterocycles. The molecule has 0 bridgehead atoms. The van der Waals surface area contributed by atoms with Crippen molar-refractivity contribution in [2.75, 3.05) is 22.1 Å². The normalized spacial score (nSPS) is 12.2. The molecular weight excluding hydrogens is 665 g/mol. The molecule has 2 atom stereocenters. The minimum atomic E-state index is -0.445. The number of anilines is 2. The molecule has 2 amide bonds. The number of carbonyl (C=O) groups is 2. The van der Waals surface area contributed by atoms with E-state index in [-0.39, 0.29) is 11.3 Å². The van der Waals surface area contributed by atoms with Crippen LogP contribution in [0.3, 0.4) is 0 Å². The minimum Gasteiger partial charge on any atom is -0.444 e. The van der Waals surface area contributed by atoms with Gasteiger partial charge in [0.2, 0.25) is 0 Å². The van der Waals surface area contributed by atoms with Crippen LogP contribution in [0.5, 0.6) is 0 Å². The molecule has 0 radical (unpaired) electrons. The summed E-state index contributed by atoms with van der Waals surface area (Å²) >= 11 is 4.57. The first kappa shape index (κ1) is 36.2. The summed E-state index contributed by atoms with van der Waals surface area (Å²) in [5, 5.41) is 5.76. The lowest BCUT2D eigenvalue weighted by atomic mass is 9.94. The molecule has 0 aliphatic rings. The summed E-state index contributed by atoms with van der Waals surface area (Å²) < 4.78 is 5.97. The largest absolute Gasteiger partial charge is 0.444 e. The van der Waals surface area contributed by atoms with Gasteiger partial charge < -0.3 is 10.1 Å². The second-order valence-corrected chi connectivity index (χ2v) is 15.3. The predicted octanol–water partition coefficient (Wildman–Crippen LogP) is 12.0. The fraction of sp³-hybridized carbons (Fsp3) is 0.220. The molecule has 5 aromatic carbocycles. The van der Waals surface area contributed by atoms with Gasteiger partial charge in [-0.05, 0) is 107 Å². The third kappa shape index (κ3) is 12.1. The summed E-state index contributed by atoms with van der Waals surface area (Å²) in [6, 6.07) is 44.4. The van der Waals surface area contributed by atoms with E-state index in [0.29, 0.717) is 23.3 Å². The molecule has 5 aromatic rings. The lowest BCUT2D eigenvalue weighted by Crippen LogP contribution is -2.26. The van der Waals surface area contributed by atoms with Crippen LogP contribution in [0, 0.1) is 0 Å². The summed E-state index contributed by atoms with van der Waals surface area (Å²) in [7, 11) is 0. The van der Waals surface area contributed by atoms with Gasteiger partial charge in [-0.1, -0.05) is 93.6 Å². The quantitative estimate of drug-likeness (QED) is 0.112. The van der Waals surface area contributed by atoms with Crippen molar-refractivity contribution in [3.05, 3.63) is 150 Å². The van der Waals surface area contributed by atoms with E-state index in [1.54, 1.807) is 23.5 Å². The summed E-state index contributed by atoms with van der Waals surface area (Å²) in [4.78, 5) is 28.6. The molecule has 0 heterocycles. The first-order valence-corrected chi connectivity index (χ1v) is 19.2. The Morgan fingerprint density at radius 1 is 0.612 bits per heavy atom. The van der Waals surface area contributed by atoms with Gasteiger partial charge in [0.1, 0.15) is 6.10 Å². The molecule has 0 spiro atoms. The standard InChI is InChI=1S/C41H42N2O3S3/c1-29(2)32-17-21-34(22-18-32)42-40(44)46-36(27-47-37-12-6-4-7-13-37)28-48-39-16-10-11-31(26-39)25-30(3)33-19-23-35(24-20-33)43-41(45)49-38-14-8-5-9-15-38/h4-24,26,29-30,36H,25,27-28H2,1-3H3,(H,42,44)(H,43,45). The lowest BCUT2D eigenvalue weighted by Gasteiger charge is -2.19. The third-order valence-electron chi connectivity index (χ3n) is 7.83. The average molecular weight is 707 g/mol. The van der Waals surface area contributed by atoms with E-state index in [1.165, 1.54) is 28.5 Å². The van der Waals surface area contributed by atoms with Gasteiger partial charge in [-0.25, -0.2) is 4.79 Å². The monoisotopic (exact) mass is 706 g/mol. The fourth-order valence-corrected chi connectivity index (χ4v) is 7.84. The van der Waals surface area contributed by atoms with Crippen LogP contribution in [0.1, 0.15) is 49.3 Å². The lowest BCUT2D eigenvalue weighted by molar-refractivity contribution is 0.134. The van der Waals surface area contributed by atoms with Gasteiger partial charge in [-0.15, -0.1) is 23.5 Å². The molecule has 0 saturated heterocycles. The van der Waals surface area contributed by atoms with Crippen LogP contribution in [-0.2, 0) is 11.2 Å². The van der Waals surface area contributed by atoms with Gasteiger partial charge in [-0.2, -0.15) is 0 Å². The summed E-state index contributed by atoms with van der Waals surface area (Å²) in [6.07, 6.45) is 0.142. The van der Waals surface area contributed by atoms with E-state index in [2.05, 4.69) is 79.9 Å². The number of hydrogen-bond acceptors (Lipinski definition) is 6. The first-order valence-electron chi connectivity index (χ1n) is 16.4. The Morgan fingerprint density at radius 2 is 1.16 bits per heavy atom. The Balaban J connectivity index is 1.15. The van der Waals surface area contributed by atoms with E-state index < -0.39 is 6.09 Å². The van der Waals surface area contributed by atoms with E-state index >= 15 is 0 Å². The topological polar surface area (TPSA) is 67.4 Å². The van der Waals surface area contributed by atoms with Gasteiger partial charge in [-0.3, -0.25) is 10.1 Å². The zero-order valence-corrected chi connectivity index (χ0v) is 30.5. The van der Waals surface area contributed by atoms with Crippen molar-refractivity contribution in [2.24, 2.45) is 0 Å². The summed E-state index contributed by atoms with van der Waals surface area (Å²) in [6.45, 7) is 6.52. The SMILES string of the molecule is CC(C)c1ccc(NC(=O)OC(CSc2ccccc2)CSc2cccc(CC(C)c3ccc(NC(=O)Sc4ccccc4)cc3)c2)cc1. The number of benzene rings is 5. The highest BCUT2D eigenvalue weighted by atomic mass is 32.2. The van der Waals surface area contributed by atoms with E-state index in [9.17, 15) is 9.59 Å². The molecule has 5 rings (SSSR count). The molecular formula is C41H42N2O3S3. The third-order valence-corrected chi connectivity index (χ3v) is 10.9.